The SMILES string of the molecule is CS(=O)(=O)C1=CC=C2C(C1)CN(C=O)C2C(=O)Nc1ccc(C(O)(C(F)(F)F)C(F)(F)F)cc1. The van der Waals surface area contributed by atoms with Gasteiger partial charge in [0.15, 0.2) is 9.84 Å². The number of halogens is 6. The Hall–Kier alpha value is -2.87. The Morgan fingerprint density at radius 1 is 1.09 bits per heavy atom. The average Bonchev–Trinajstić information content (AvgIpc) is 3.09. The number of anilines is 1. The fourth-order valence-corrected chi connectivity index (χ4v) is 4.78. The minimum atomic E-state index is -6.05. The van der Waals surface area contributed by atoms with E-state index in [9.17, 15) is 49.5 Å². The summed E-state index contributed by atoms with van der Waals surface area (Å²) in [5, 5.41) is 11.8. The molecule has 1 aliphatic carbocycles. The lowest BCUT2D eigenvalue weighted by Gasteiger charge is -2.32. The van der Waals surface area contributed by atoms with E-state index in [1.54, 1.807) is 0 Å². The van der Waals surface area contributed by atoms with Gasteiger partial charge in [0.25, 0.3) is 11.5 Å². The van der Waals surface area contributed by atoms with Crippen molar-refractivity contribution in [2.24, 2.45) is 5.92 Å². The number of likely N-dealkylation sites (tertiary alicyclic amines) is 1. The van der Waals surface area contributed by atoms with Gasteiger partial charge in [0, 0.05) is 34.9 Å². The van der Waals surface area contributed by atoms with Crippen molar-refractivity contribution >= 4 is 27.8 Å². The Morgan fingerprint density at radius 2 is 1.65 bits per heavy atom. The molecule has 0 radical (unpaired) electrons. The monoisotopic (exact) mass is 512 g/mol. The average molecular weight is 512 g/mol. The third-order valence-corrected chi connectivity index (χ3v) is 6.97. The van der Waals surface area contributed by atoms with E-state index >= 15 is 0 Å². The van der Waals surface area contributed by atoms with Crippen LogP contribution in [0, 0.1) is 5.92 Å². The molecule has 1 heterocycles. The number of carbonyl (C=O) groups is 2. The first kappa shape index (κ1) is 25.7. The second-order valence-electron chi connectivity index (χ2n) is 7.95. The summed E-state index contributed by atoms with van der Waals surface area (Å²) in [4.78, 5) is 25.5. The van der Waals surface area contributed by atoms with E-state index in [1.807, 2.05) is 0 Å². The molecule has 3 rings (SSSR count). The molecule has 1 fully saturated rings. The summed E-state index contributed by atoms with van der Waals surface area (Å²) >= 11 is 0. The summed E-state index contributed by atoms with van der Waals surface area (Å²) in [7, 11) is -3.48. The maximum Gasteiger partial charge on any atom is 0.430 e. The molecule has 14 heteroatoms. The number of allylic oxidation sites excluding steroid dienone is 3. The molecule has 2 N–H and O–H groups in total. The van der Waals surface area contributed by atoms with Crippen LogP contribution in [0.2, 0.25) is 0 Å². The Morgan fingerprint density at radius 3 is 2.12 bits per heavy atom. The molecule has 0 bridgehead atoms. The molecule has 2 unspecified atom stereocenters. The normalized spacial score (nSPS) is 21.5. The number of hydrogen-bond acceptors (Lipinski definition) is 5. The van der Waals surface area contributed by atoms with Gasteiger partial charge in [0.1, 0.15) is 6.04 Å². The van der Waals surface area contributed by atoms with Crippen LogP contribution < -0.4 is 5.32 Å². The fourth-order valence-electron chi connectivity index (χ4n) is 3.96. The number of rotatable bonds is 5. The smallest absolute Gasteiger partial charge is 0.369 e. The Labute approximate surface area is 189 Å². The zero-order valence-corrected chi connectivity index (χ0v) is 18.1. The van der Waals surface area contributed by atoms with E-state index in [1.165, 1.54) is 12.2 Å². The number of benzene rings is 1. The number of fused-ring (bicyclic) bond motifs is 1. The van der Waals surface area contributed by atoms with Gasteiger partial charge in [-0.05, 0) is 30.2 Å². The maximum atomic E-state index is 13.0. The Kier molecular flexibility index (Phi) is 6.37. The largest absolute Gasteiger partial charge is 0.430 e. The Balaban J connectivity index is 1.86. The van der Waals surface area contributed by atoms with Crippen molar-refractivity contribution in [3.05, 3.63) is 52.5 Å². The third-order valence-electron chi connectivity index (χ3n) is 5.71. The second-order valence-corrected chi connectivity index (χ2v) is 10.0. The van der Waals surface area contributed by atoms with Crippen LogP contribution in [-0.4, -0.2) is 61.9 Å². The number of nitrogens with one attached hydrogen (secondary N) is 1. The molecule has 1 aromatic carbocycles. The summed E-state index contributed by atoms with van der Waals surface area (Å²) in [6.45, 7) is 0.0451. The second kappa shape index (κ2) is 8.41. The zero-order valence-electron chi connectivity index (χ0n) is 17.3. The minimum absolute atomic E-state index is 0.0451. The molecule has 0 spiro atoms. The molecular weight excluding hydrogens is 494 g/mol. The highest BCUT2D eigenvalue weighted by Crippen LogP contribution is 2.50. The molecule has 1 aliphatic heterocycles. The van der Waals surface area contributed by atoms with Crippen molar-refractivity contribution in [3.8, 4) is 0 Å². The highest BCUT2D eigenvalue weighted by molar-refractivity contribution is 7.94. The number of amides is 2. The van der Waals surface area contributed by atoms with Gasteiger partial charge in [-0.25, -0.2) is 8.42 Å². The highest BCUT2D eigenvalue weighted by Gasteiger charge is 2.71. The number of sulfone groups is 1. The molecular formula is C20H18F6N2O5S. The highest BCUT2D eigenvalue weighted by atomic mass is 32.2. The summed E-state index contributed by atoms with van der Waals surface area (Å²) < 4.78 is 102. The van der Waals surface area contributed by atoms with Crippen LogP contribution in [0.1, 0.15) is 12.0 Å². The maximum absolute atomic E-state index is 13.0. The minimum Gasteiger partial charge on any atom is -0.369 e. The zero-order chi connectivity index (χ0) is 25.7. The van der Waals surface area contributed by atoms with Gasteiger partial charge in [-0.15, -0.1) is 0 Å². The third kappa shape index (κ3) is 4.43. The number of aliphatic hydroxyl groups is 1. The van der Waals surface area contributed by atoms with Crippen molar-refractivity contribution in [3.63, 3.8) is 0 Å². The predicted octanol–water partition coefficient (Wildman–Crippen LogP) is 2.65. The topological polar surface area (TPSA) is 104 Å². The molecule has 1 aromatic rings. The van der Waals surface area contributed by atoms with Gasteiger partial charge in [-0.3, -0.25) is 9.59 Å². The van der Waals surface area contributed by atoms with Crippen LogP contribution in [0.3, 0.4) is 0 Å². The summed E-state index contributed by atoms with van der Waals surface area (Å²) in [6, 6.07) is 1.12. The van der Waals surface area contributed by atoms with Crippen molar-refractivity contribution in [1.29, 1.82) is 0 Å². The lowest BCUT2D eigenvalue weighted by atomic mass is 9.90. The van der Waals surface area contributed by atoms with Crippen LogP contribution in [0.5, 0.6) is 0 Å². The van der Waals surface area contributed by atoms with Gasteiger partial charge in [-0.2, -0.15) is 26.3 Å². The summed E-state index contributed by atoms with van der Waals surface area (Å²) in [5.41, 5.74) is -6.34. The molecule has 7 nitrogen and oxygen atoms in total. The Bertz CT molecular complexity index is 1140. The van der Waals surface area contributed by atoms with E-state index in [-0.39, 0.29) is 23.6 Å². The molecule has 2 amide bonds. The molecule has 186 valence electrons. The number of nitrogens with zero attached hydrogens (tertiary/aromatic N) is 1. The van der Waals surface area contributed by atoms with Crippen LogP contribution >= 0.6 is 0 Å². The summed E-state index contributed by atoms with van der Waals surface area (Å²) in [5.74, 6) is -1.25. The molecule has 2 atom stereocenters. The van der Waals surface area contributed by atoms with Crippen molar-refractivity contribution in [2.45, 2.75) is 30.4 Å². The predicted molar refractivity (Wildman–Crippen MR) is 107 cm³/mol. The van der Waals surface area contributed by atoms with E-state index in [4.69, 9.17) is 0 Å². The summed E-state index contributed by atoms with van der Waals surface area (Å²) in [6.07, 6.45) is -7.89. The van der Waals surface area contributed by atoms with Crippen LogP contribution in [0.15, 0.2) is 46.9 Å². The van der Waals surface area contributed by atoms with Crippen LogP contribution in [-0.2, 0) is 25.0 Å². The van der Waals surface area contributed by atoms with Gasteiger partial charge in [-0.1, -0.05) is 18.2 Å². The van der Waals surface area contributed by atoms with Gasteiger partial charge in [0.2, 0.25) is 6.41 Å². The molecule has 0 saturated carbocycles. The van der Waals surface area contributed by atoms with Crippen molar-refractivity contribution in [2.75, 3.05) is 18.1 Å². The number of carbonyl (C=O) groups excluding carboxylic acids is 2. The van der Waals surface area contributed by atoms with E-state index in [2.05, 4.69) is 5.32 Å². The van der Waals surface area contributed by atoms with Crippen LogP contribution in [0.25, 0.3) is 0 Å². The standard InChI is InChI=1S/C20H18F6N2O5S/c1-34(32,33)14-6-7-15-11(8-14)9-28(10-29)16(15)17(30)27-13-4-2-12(3-5-13)18(31,19(21,22)23)20(24,25)26/h2-7,10-11,16,31H,8-9H2,1H3,(H,27,30). The van der Waals surface area contributed by atoms with Crippen molar-refractivity contribution in [1.82, 2.24) is 4.90 Å². The molecule has 2 aliphatic rings. The lowest BCUT2D eigenvalue weighted by Crippen LogP contribution is -2.53. The first-order valence-electron chi connectivity index (χ1n) is 9.59. The van der Waals surface area contributed by atoms with Gasteiger partial charge >= 0.3 is 12.4 Å². The number of hydrogen-bond donors (Lipinski definition) is 2. The lowest BCUT2D eigenvalue weighted by molar-refractivity contribution is -0.376. The van der Waals surface area contributed by atoms with E-state index in [0.29, 0.717) is 24.1 Å². The molecule has 0 aromatic heterocycles. The quantitative estimate of drug-likeness (QED) is 0.467. The van der Waals surface area contributed by atoms with E-state index in [0.717, 1.165) is 23.3 Å². The van der Waals surface area contributed by atoms with Crippen molar-refractivity contribution < 1.29 is 49.5 Å². The van der Waals surface area contributed by atoms with Crippen LogP contribution in [0.4, 0.5) is 32.0 Å². The molecule has 34 heavy (non-hydrogen) atoms. The fraction of sp³-hybridized carbons (Fsp3) is 0.400. The molecule has 1 saturated heterocycles. The van der Waals surface area contributed by atoms with E-state index < -0.39 is 51.2 Å². The van der Waals surface area contributed by atoms with Gasteiger partial charge < -0.3 is 15.3 Å². The number of alkyl halides is 6. The first-order valence-corrected chi connectivity index (χ1v) is 11.5. The first-order chi connectivity index (χ1) is 15.5. The van der Waals surface area contributed by atoms with Gasteiger partial charge in [0.05, 0.1) is 0 Å².